The van der Waals surface area contributed by atoms with Crippen molar-refractivity contribution < 1.29 is 34.1 Å². The van der Waals surface area contributed by atoms with E-state index in [0.29, 0.717) is 31.0 Å². The molecule has 1 amide bonds. The van der Waals surface area contributed by atoms with Crippen molar-refractivity contribution in [2.75, 3.05) is 19.6 Å². The number of carbonyl (C=O) groups is 2. The number of carbonyl (C=O) groups excluding carboxylic acids is 1. The Morgan fingerprint density at radius 1 is 1.32 bits per heavy atom. The first kappa shape index (κ1) is 19.0. The van der Waals surface area contributed by atoms with Gasteiger partial charge in [-0.3, -0.25) is 4.79 Å². The summed E-state index contributed by atoms with van der Waals surface area (Å²) in [5.74, 6) is -0.703. The summed E-state index contributed by atoms with van der Waals surface area (Å²) in [6.45, 7) is 0.627. The van der Waals surface area contributed by atoms with Crippen LogP contribution in [0.3, 0.4) is 0 Å². The molecular formula is C18H24BN2O7-. The zero-order valence-electron chi connectivity index (χ0n) is 15.6. The van der Waals surface area contributed by atoms with Gasteiger partial charge in [-0.25, -0.2) is 4.79 Å². The molecule has 0 spiro atoms. The highest BCUT2D eigenvalue weighted by atomic mass is 16.6. The molecule has 1 aromatic carbocycles. The summed E-state index contributed by atoms with van der Waals surface area (Å²) in [5.41, 5.74) is 0.375. The zero-order valence-corrected chi connectivity index (χ0v) is 15.6. The lowest BCUT2D eigenvalue weighted by atomic mass is 9.70. The van der Waals surface area contributed by atoms with Gasteiger partial charge in [0, 0.05) is 0 Å². The number of nitrogens with one attached hydrogen (secondary N) is 1. The molecule has 4 N–H and O–H groups in total. The molecule has 0 bridgehead atoms. The van der Waals surface area contributed by atoms with Crippen molar-refractivity contribution in [1.29, 1.82) is 0 Å². The lowest BCUT2D eigenvalue weighted by Gasteiger charge is -2.41. The number of carboxylic acid groups (broad SMARTS) is 1. The molecule has 28 heavy (non-hydrogen) atoms. The molecule has 3 aliphatic heterocycles. The summed E-state index contributed by atoms with van der Waals surface area (Å²) in [5, 5.41) is 32.4. The molecule has 10 heteroatoms. The summed E-state index contributed by atoms with van der Waals surface area (Å²) >= 11 is 0. The number of aromatic carboxylic acids is 1. The Labute approximate surface area is 162 Å². The Morgan fingerprint density at radius 3 is 2.71 bits per heavy atom. The average molecular weight is 391 g/mol. The number of aryl methyl sites for hydroxylation is 1. The van der Waals surface area contributed by atoms with E-state index in [1.54, 1.807) is 17.0 Å². The van der Waals surface area contributed by atoms with Crippen LogP contribution in [0.4, 0.5) is 0 Å². The van der Waals surface area contributed by atoms with Crippen molar-refractivity contribution >= 4 is 18.6 Å². The summed E-state index contributed by atoms with van der Waals surface area (Å²) in [7, 11) is 0. The van der Waals surface area contributed by atoms with E-state index in [1.165, 1.54) is 0 Å². The topological polar surface area (TPSA) is 129 Å². The second-order valence-electron chi connectivity index (χ2n) is 8.03. The van der Waals surface area contributed by atoms with Crippen LogP contribution in [0.1, 0.15) is 29.3 Å². The molecule has 1 aromatic rings. The van der Waals surface area contributed by atoms with Crippen molar-refractivity contribution in [3.63, 3.8) is 0 Å². The minimum Gasteiger partial charge on any atom is -0.669 e. The zero-order chi connectivity index (χ0) is 20.1. The van der Waals surface area contributed by atoms with Gasteiger partial charge >= 0.3 is 12.7 Å². The Kier molecular flexibility index (Phi) is 4.72. The number of rotatable bonds is 4. The van der Waals surface area contributed by atoms with E-state index in [4.69, 9.17) is 9.39 Å². The molecule has 2 fully saturated rings. The maximum absolute atomic E-state index is 12.4. The van der Waals surface area contributed by atoms with E-state index in [-0.39, 0.29) is 41.4 Å². The SMILES string of the molecule is C[C@H]1CN[C@H](C(=O)N2CC(Oc3ccc4c(c3C(=O)O)O[B-](O)(O)CC4)C2)C1. The molecule has 2 saturated heterocycles. The van der Waals surface area contributed by atoms with Crippen molar-refractivity contribution in [1.82, 2.24) is 10.2 Å². The predicted molar refractivity (Wildman–Crippen MR) is 99.3 cm³/mol. The first-order valence-corrected chi connectivity index (χ1v) is 9.61. The second kappa shape index (κ2) is 6.95. The van der Waals surface area contributed by atoms with E-state index in [9.17, 15) is 24.7 Å². The first-order valence-electron chi connectivity index (χ1n) is 9.61. The summed E-state index contributed by atoms with van der Waals surface area (Å²) in [6, 6.07) is 3.07. The van der Waals surface area contributed by atoms with Crippen LogP contribution in [0.25, 0.3) is 0 Å². The third-order valence-electron chi connectivity index (χ3n) is 5.61. The van der Waals surface area contributed by atoms with Gasteiger partial charge in [0.25, 0.3) is 0 Å². The van der Waals surface area contributed by atoms with Crippen LogP contribution >= 0.6 is 0 Å². The fraction of sp³-hybridized carbons (Fsp3) is 0.556. The summed E-state index contributed by atoms with van der Waals surface area (Å²) in [4.78, 5) is 25.9. The van der Waals surface area contributed by atoms with Crippen LogP contribution in [-0.2, 0) is 11.2 Å². The molecule has 0 aromatic heterocycles. The molecule has 3 heterocycles. The molecule has 0 saturated carbocycles. The fourth-order valence-corrected chi connectivity index (χ4v) is 4.02. The van der Waals surface area contributed by atoms with Crippen LogP contribution in [-0.4, -0.2) is 70.5 Å². The Morgan fingerprint density at radius 2 is 2.07 bits per heavy atom. The predicted octanol–water partition coefficient (Wildman–Crippen LogP) is -0.169. The van der Waals surface area contributed by atoms with Crippen molar-refractivity contribution in [3.8, 4) is 11.5 Å². The average Bonchev–Trinajstić information content (AvgIpc) is 3.02. The molecule has 3 aliphatic rings. The third kappa shape index (κ3) is 3.55. The molecule has 0 aliphatic carbocycles. The standard InChI is InChI=1S/C18H24BN2O7/c1-10-6-13(20-7-10)17(22)21-8-12(9-21)27-14-3-2-11-4-5-19(25,26)28-16(11)15(14)18(23)24/h2-3,10,12-13,20,25-26H,4-9H2,1H3,(H,23,24)/q-1/t10-,13+/m1/s1. The van der Waals surface area contributed by atoms with Crippen LogP contribution < -0.4 is 14.7 Å². The third-order valence-corrected chi connectivity index (χ3v) is 5.61. The van der Waals surface area contributed by atoms with Crippen LogP contribution in [0.2, 0.25) is 6.32 Å². The van der Waals surface area contributed by atoms with E-state index in [1.807, 2.05) is 0 Å². The molecule has 0 unspecified atom stereocenters. The smallest absolute Gasteiger partial charge is 0.430 e. The Hall–Kier alpha value is -2.30. The Bertz CT molecular complexity index is 809. The molecule has 2 atom stereocenters. The molecule has 4 rings (SSSR count). The number of ether oxygens (including phenoxy) is 1. The first-order chi connectivity index (χ1) is 13.2. The molecule has 152 valence electrons. The lowest BCUT2D eigenvalue weighted by Crippen LogP contribution is -2.59. The van der Waals surface area contributed by atoms with Crippen molar-refractivity contribution in [3.05, 3.63) is 23.3 Å². The van der Waals surface area contributed by atoms with Crippen molar-refractivity contribution in [2.24, 2.45) is 5.92 Å². The van der Waals surface area contributed by atoms with Gasteiger partial charge in [0.15, 0.2) is 0 Å². The minimum atomic E-state index is -3.08. The number of carboxylic acids is 1. The van der Waals surface area contributed by atoms with E-state index >= 15 is 0 Å². The minimum absolute atomic E-state index is 0.0137. The quantitative estimate of drug-likeness (QED) is 0.521. The van der Waals surface area contributed by atoms with Crippen molar-refractivity contribution in [2.45, 2.75) is 38.2 Å². The number of likely N-dealkylation sites (tertiary alicyclic amines) is 1. The largest absolute Gasteiger partial charge is 0.669 e. The van der Waals surface area contributed by atoms with Gasteiger partial charge in [-0.05, 0) is 36.9 Å². The second-order valence-corrected chi connectivity index (χ2v) is 8.03. The monoisotopic (exact) mass is 391 g/mol. The fourth-order valence-electron chi connectivity index (χ4n) is 4.02. The van der Waals surface area contributed by atoms with E-state index in [2.05, 4.69) is 12.2 Å². The lowest BCUT2D eigenvalue weighted by molar-refractivity contribution is -0.142. The molecule has 0 radical (unpaired) electrons. The highest BCUT2D eigenvalue weighted by Gasteiger charge is 2.39. The molecular weight excluding hydrogens is 367 g/mol. The van der Waals surface area contributed by atoms with E-state index in [0.717, 1.165) is 13.0 Å². The number of benzene rings is 1. The van der Waals surface area contributed by atoms with Gasteiger partial charge in [0.2, 0.25) is 5.91 Å². The van der Waals surface area contributed by atoms with Gasteiger partial charge in [0.05, 0.1) is 24.9 Å². The van der Waals surface area contributed by atoms with Crippen LogP contribution in [0, 0.1) is 5.92 Å². The number of nitrogens with zero attached hydrogens (tertiary/aromatic N) is 1. The van der Waals surface area contributed by atoms with Gasteiger partial charge in [-0.2, -0.15) is 0 Å². The summed E-state index contributed by atoms with van der Waals surface area (Å²) in [6.07, 6.45) is 0.820. The van der Waals surface area contributed by atoms with Gasteiger partial charge < -0.3 is 34.8 Å². The number of hydrogen-bond donors (Lipinski definition) is 4. The highest BCUT2D eigenvalue weighted by Crippen LogP contribution is 2.39. The van der Waals surface area contributed by atoms with Crippen LogP contribution in [0.15, 0.2) is 12.1 Å². The number of amides is 1. The van der Waals surface area contributed by atoms with E-state index < -0.39 is 12.7 Å². The summed E-state index contributed by atoms with van der Waals surface area (Å²) < 4.78 is 11.0. The number of fused-ring (bicyclic) bond motifs is 1. The van der Waals surface area contributed by atoms with Gasteiger partial charge in [0.1, 0.15) is 17.4 Å². The molecule has 9 nitrogen and oxygen atoms in total. The van der Waals surface area contributed by atoms with Crippen LogP contribution in [0.5, 0.6) is 11.5 Å². The number of hydrogen-bond acceptors (Lipinski definition) is 7. The van der Waals surface area contributed by atoms with Gasteiger partial charge in [-0.1, -0.05) is 19.3 Å². The maximum Gasteiger partial charge on any atom is 0.430 e. The van der Waals surface area contributed by atoms with Gasteiger partial charge in [-0.15, -0.1) is 0 Å². The maximum atomic E-state index is 12.4. The Balaban J connectivity index is 1.45. The normalized spacial score (nSPS) is 26.2. The highest BCUT2D eigenvalue weighted by molar-refractivity contribution is 6.59.